The molecule has 154 valence electrons. The Balaban J connectivity index is 2.19. The molecule has 0 unspecified atom stereocenters. The molecule has 1 amide bonds. The maximum atomic E-state index is 12.6. The van der Waals surface area contributed by atoms with Crippen molar-refractivity contribution in [1.29, 1.82) is 0 Å². The molecule has 0 aliphatic heterocycles. The summed E-state index contributed by atoms with van der Waals surface area (Å²) in [6.45, 7) is 4.72. The fourth-order valence-corrected chi connectivity index (χ4v) is 2.41. The van der Waals surface area contributed by atoms with Crippen molar-refractivity contribution in [2.24, 2.45) is 0 Å². The van der Waals surface area contributed by atoms with Crippen LogP contribution in [0.3, 0.4) is 0 Å². The van der Waals surface area contributed by atoms with Gasteiger partial charge in [0, 0.05) is 12.1 Å². The Labute approximate surface area is 172 Å². The first kappa shape index (κ1) is 22.2. The Bertz CT molecular complexity index is 828. The number of esters is 1. The lowest BCUT2D eigenvalue weighted by atomic mass is 10.1. The van der Waals surface area contributed by atoms with Gasteiger partial charge in [-0.1, -0.05) is 30.3 Å². The molecule has 0 atom stereocenters. The van der Waals surface area contributed by atoms with Gasteiger partial charge < -0.3 is 19.7 Å². The largest absolute Gasteiger partial charge is 0.491 e. The minimum atomic E-state index is -0.585. The lowest BCUT2D eigenvalue weighted by Crippen LogP contribution is -2.30. The Morgan fingerprint density at radius 2 is 1.69 bits per heavy atom. The first-order valence-electron chi connectivity index (χ1n) is 9.52. The topological polar surface area (TPSA) is 67.9 Å². The van der Waals surface area contributed by atoms with E-state index in [2.05, 4.69) is 5.32 Å². The van der Waals surface area contributed by atoms with Crippen molar-refractivity contribution < 1.29 is 19.1 Å². The summed E-state index contributed by atoms with van der Waals surface area (Å²) in [5.41, 5.74) is 1.28. The van der Waals surface area contributed by atoms with Gasteiger partial charge in [-0.15, -0.1) is 0 Å². The molecule has 0 aromatic heterocycles. The second-order valence-electron chi connectivity index (χ2n) is 7.05. The van der Waals surface area contributed by atoms with Gasteiger partial charge in [-0.05, 0) is 63.8 Å². The number of benzene rings is 2. The zero-order chi connectivity index (χ0) is 21.2. The molecule has 6 nitrogen and oxygen atoms in total. The number of carbonyl (C=O) groups excluding carboxylic acids is 2. The number of likely N-dealkylation sites (N-methyl/N-ethyl adjacent to an activating group) is 1. The van der Waals surface area contributed by atoms with E-state index in [1.807, 2.05) is 63.2 Å². The molecule has 2 rings (SSSR count). The Morgan fingerprint density at radius 1 is 1.03 bits per heavy atom. The second kappa shape index (κ2) is 11.0. The van der Waals surface area contributed by atoms with Gasteiger partial charge in [-0.3, -0.25) is 4.79 Å². The van der Waals surface area contributed by atoms with Gasteiger partial charge >= 0.3 is 5.97 Å². The molecule has 0 heterocycles. The van der Waals surface area contributed by atoms with Crippen molar-refractivity contribution in [1.82, 2.24) is 10.2 Å². The molecule has 2 aromatic carbocycles. The number of amides is 1. The van der Waals surface area contributed by atoms with E-state index in [1.165, 1.54) is 0 Å². The minimum absolute atomic E-state index is 0.0730. The summed E-state index contributed by atoms with van der Waals surface area (Å²) in [6, 6.07) is 16.0. The SMILES string of the molecule is CC(C)Oc1ccc(/C=C(\NC(=O)c2ccccc2)C(=O)OCCN(C)C)cc1. The Kier molecular flexibility index (Phi) is 8.43. The van der Waals surface area contributed by atoms with Crippen LogP contribution in [0.4, 0.5) is 0 Å². The summed E-state index contributed by atoms with van der Waals surface area (Å²) in [5, 5.41) is 2.67. The predicted molar refractivity (Wildman–Crippen MR) is 114 cm³/mol. The highest BCUT2D eigenvalue weighted by Crippen LogP contribution is 2.16. The molecular formula is C23H28N2O4. The van der Waals surface area contributed by atoms with Crippen LogP contribution < -0.4 is 10.1 Å². The highest BCUT2D eigenvalue weighted by atomic mass is 16.5. The average molecular weight is 396 g/mol. The number of hydrogen-bond acceptors (Lipinski definition) is 5. The third kappa shape index (κ3) is 7.79. The van der Waals surface area contributed by atoms with Crippen molar-refractivity contribution in [2.75, 3.05) is 27.2 Å². The molecule has 0 bridgehead atoms. The molecule has 1 N–H and O–H groups in total. The zero-order valence-corrected chi connectivity index (χ0v) is 17.3. The number of nitrogens with zero attached hydrogens (tertiary/aromatic N) is 1. The van der Waals surface area contributed by atoms with Crippen LogP contribution in [0.15, 0.2) is 60.3 Å². The van der Waals surface area contributed by atoms with Crippen molar-refractivity contribution in [3.63, 3.8) is 0 Å². The maximum absolute atomic E-state index is 12.6. The van der Waals surface area contributed by atoms with Crippen LogP contribution in [0.5, 0.6) is 5.75 Å². The molecule has 0 radical (unpaired) electrons. The van der Waals surface area contributed by atoms with Gasteiger partial charge in [-0.25, -0.2) is 4.79 Å². The van der Waals surface area contributed by atoms with Crippen LogP contribution in [0.2, 0.25) is 0 Å². The number of hydrogen-bond donors (Lipinski definition) is 1. The molecule has 2 aromatic rings. The third-order valence-electron chi connectivity index (χ3n) is 3.84. The average Bonchev–Trinajstić information content (AvgIpc) is 2.68. The molecule has 0 spiro atoms. The zero-order valence-electron chi connectivity index (χ0n) is 17.3. The summed E-state index contributed by atoms with van der Waals surface area (Å²) in [6.07, 6.45) is 1.67. The van der Waals surface area contributed by atoms with E-state index in [0.29, 0.717) is 12.1 Å². The van der Waals surface area contributed by atoms with Crippen molar-refractivity contribution in [2.45, 2.75) is 20.0 Å². The highest BCUT2D eigenvalue weighted by Gasteiger charge is 2.16. The van der Waals surface area contributed by atoms with E-state index in [-0.39, 0.29) is 24.3 Å². The standard InChI is InChI=1S/C23H28N2O4/c1-17(2)29-20-12-10-18(11-13-20)16-21(23(27)28-15-14-25(3)4)24-22(26)19-8-6-5-7-9-19/h5-13,16-17H,14-15H2,1-4H3,(H,24,26)/b21-16-. The Hall–Kier alpha value is -3.12. The van der Waals surface area contributed by atoms with Gasteiger partial charge in [0.05, 0.1) is 6.10 Å². The van der Waals surface area contributed by atoms with E-state index in [0.717, 1.165) is 11.3 Å². The van der Waals surface area contributed by atoms with E-state index < -0.39 is 5.97 Å². The van der Waals surface area contributed by atoms with Crippen molar-refractivity contribution in [3.05, 3.63) is 71.4 Å². The molecule has 29 heavy (non-hydrogen) atoms. The summed E-state index contributed by atoms with van der Waals surface area (Å²) in [5.74, 6) is -0.222. The number of rotatable bonds is 9. The smallest absolute Gasteiger partial charge is 0.354 e. The van der Waals surface area contributed by atoms with Crippen molar-refractivity contribution >= 4 is 18.0 Å². The van der Waals surface area contributed by atoms with E-state index in [1.54, 1.807) is 30.3 Å². The van der Waals surface area contributed by atoms with Crippen LogP contribution in [-0.2, 0) is 9.53 Å². The van der Waals surface area contributed by atoms with Gasteiger partial charge in [0.1, 0.15) is 18.1 Å². The second-order valence-corrected chi connectivity index (χ2v) is 7.05. The monoisotopic (exact) mass is 396 g/mol. The first-order chi connectivity index (χ1) is 13.8. The maximum Gasteiger partial charge on any atom is 0.354 e. The van der Waals surface area contributed by atoms with E-state index >= 15 is 0 Å². The lowest BCUT2D eigenvalue weighted by Gasteiger charge is -2.13. The first-order valence-corrected chi connectivity index (χ1v) is 9.52. The molecule has 0 aliphatic carbocycles. The number of ether oxygens (including phenoxy) is 2. The summed E-state index contributed by atoms with van der Waals surface area (Å²) < 4.78 is 10.9. The highest BCUT2D eigenvalue weighted by molar-refractivity contribution is 6.03. The van der Waals surface area contributed by atoms with Crippen LogP contribution in [0.25, 0.3) is 6.08 Å². The molecule has 6 heteroatoms. The van der Waals surface area contributed by atoms with Gasteiger partial charge in [-0.2, -0.15) is 0 Å². The fraction of sp³-hybridized carbons (Fsp3) is 0.304. The van der Waals surface area contributed by atoms with Gasteiger partial charge in [0.25, 0.3) is 5.91 Å². The van der Waals surface area contributed by atoms with Crippen LogP contribution in [-0.4, -0.2) is 50.1 Å². The molecule has 0 fully saturated rings. The predicted octanol–water partition coefficient (Wildman–Crippen LogP) is 3.35. The van der Waals surface area contributed by atoms with Gasteiger partial charge in [0.2, 0.25) is 0 Å². The van der Waals surface area contributed by atoms with Gasteiger partial charge in [0.15, 0.2) is 0 Å². The summed E-state index contributed by atoms with van der Waals surface area (Å²) in [7, 11) is 3.78. The fourth-order valence-electron chi connectivity index (χ4n) is 2.41. The molecule has 0 aliphatic rings. The minimum Gasteiger partial charge on any atom is -0.491 e. The summed E-state index contributed by atoms with van der Waals surface area (Å²) in [4.78, 5) is 27.0. The van der Waals surface area contributed by atoms with Crippen molar-refractivity contribution in [3.8, 4) is 5.75 Å². The normalized spacial score (nSPS) is 11.4. The summed E-state index contributed by atoms with van der Waals surface area (Å²) >= 11 is 0. The van der Waals surface area contributed by atoms with Crippen LogP contribution in [0, 0.1) is 0 Å². The van der Waals surface area contributed by atoms with E-state index in [4.69, 9.17) is 9.47 Å². The molecular weight excluding hydrogens is 368 g/mol. The Morgan fingerprint density at radius 3 is 2.28 bits per heavy atom. The molecule has 0 saturated heterocycles. The van der Waals surface area contributed by atoms with Crippen LogP contribution in [0.1, 0.15) is 29.8 Å². The quantitative estimate of drug-likeness (QED) is 0.520. The van der Waals surface area contributed by atoms with Crippen LogP contribution >= 0.6 is 0 Å². The molecule has 0 saturated carbocycles. The number of carbonyl (C=O) groups is 2. The lowest BCUT2D eigenvalue weighted by molar-refractivity contribution is -0.139. The van der Waals surface area contributed by atoms with E-state index in [9.17, 15) is 9.59 Å². The number of nitrogens with one attached hydrogen (secondary N) is 1. The third-order valence-corrected chi connectivity index (χ3v) is 3.84.